The summed E-state index contributed by atoms with van der Waals surface area (Å²) in [5.41, 5.74) is 1.56. The van der Waals surface area contributed by atoms with Gasteiger partial charge in [0.25, 0.3) is 0 Å². The molecule has 0 aliphatic rings. The summed E-state index contributed by atoms with van der Waals surface area (Å²) in [7, 11) is 4.07. The van der Waals surface area contributed by atoms with Crippen LogP contribution in [0.3, 0.4) is 0 Å². The van der Waals surface area contributed by atoms with Crippen molar-refractivity contribution in [3.8, 4) is 0 Å². The van der Waals surface area contributed by atoms with E-state index in [9.17, 15) is 4.79 Å². The van der Waals surface area contributed by atoms with E-state index in [0.717, 1.165) is 16.3 Å². The number of carboxylic acid groups (broad SMARTS) is 1. The van der Waals surface area contributed by atoms with Gasteiger partial charge in [-0.25, -0.2) is 4.79 Å². The number of nitrogens with zero attached hydrogens (tertiary/aromatic N) is 1. The van der Waals surface area contributed by atoms with Crippen LogP contribution >= 0.6 is 24.2 Å². The van der Waals surface area contributed by atoms with E-state index in [0.29, 0.717) is 5.56 Å². The molecule has 0 amide bonds. The molecular weight excluding hydrogens is 306 g/mol. The van der Waals surface area contributed by atoms with Crippen molar-refractivity contribution < 1.29 is 9.90 Å². The minimum absolute atomic E-state index is 0. The van der Waals surface area contributed by atoms with Crippen molar-refractivity contribution in [3.05, 3.63) is 59.7 Å². The van der Waals surface area contributed by atoms with E-state index in [1.54, 1.807) is 30.0 Å². The normalized spacial score (nSPS) is 10.2. The summed E-state index contributed by atoms with van der Waals surface area (Å²) in [5.74, 6) is -0.894. The molecule has 0 fully saturated rings. The van der Waals surface area contributed by atoms with E-state index < -0.39 is 5.97 Å². The van der Waals surface area contributed by atoms with Crippen molar-refractivity contribution in [3.63, 3.8) is 0 Å². The van der Waals surface area contributed by atoms with Crippen molar-refractivity contribution in [2.75, 3.05) is 14.1 Å². The van der Waals surface area contributed by atoms with E-state index in [4.69, 9.17) is 5.11 Å². The summed E-state index contributed by atoms with van der Waals surface area (Å²) < 4.78 is 0. The van der Waals surface area contributed by atoms with Crippen LogP contribution in [0.1, 0.15) is 15.9 Å². The van der Waals surface area contributed by atoms with Gasteiger partial charge in [-0.2, -0.15) is 0 Å². The maximum atomic E-state index is 11.0. The Bertz CT molecular complexity index is 617. The largest absolute Gasteiger partial charge is 0.478 e. The monoisotopic (exact) mass is 323 g/mol. The molecule has 0 aromatic heterocycles. The fourth-order valence-corrected chi connectivity index (χ4v) is 2.89. The molecule has 0 atom stereocenters. The summed E-state index contributed by atoms with van der Waals surface area (Å²) in [6.45, 7) is 0.863. The van der Waals surface area contributed by atoms with Crippen molar-refractivity contribution in [1.29, 1.82) is 0 Å². The molecule has 5 heteroatoms. The molecule has 1 N–H and O–H groups in total. The molecule has 2 rings (SSSR count). The second-order valence-corrected chi connectivity index (χ2v) is 5.90. The van der Waals surface area contributed by atoms with Crippen LogP contribution in [0.15, 0.2) is 58.3 Å². The van der Waals surface area contributed by atoms with Crippen LogP contribution in [0.5, 0.6) is 0 Å². The summed E-state index contributed by atoms with van der Waals surface area (Å²) in [6.07, 6.45) is 0. The van der Waals surface area contributed by atoms with Crippen LogP contribution in [0.4, 0.5) is 0 Å². The first-order valence-electron chi connectivity index (χ1n) is 6.30. The Morgan fingerprint density at radius 3 is 2.52 bits per heavy atom. The van der Waals surface area contributed by atoms with Crippen molar-refractivity contribution in [1.82, 2.24) is 4.90 Å². The Morgan fingerprint density at radius 1 is 1.14 bits per heavy atom. The molecule has 0 saturated heterocycles. The van der Waals surface area contributed by atoms with Gasteiger partial charge in [0.1, 0.15) is 0 Å². The second kappa shape index (κ2) is 8.08. The molecule has 0 unspecified atom stereocenters. The first-order valence-corrected chi connectivity index (χ1v) is 7.12. The quantitative estimate of drug-likeness (QED) is 0.902. The van der Waals surface area contributed by atoms with Gasteiger partial charge in [-0.3, -0.25) is 0 Å². The van der Waals surface area contributed by atoms with E-state index in [1.165, 1.54) is 5.56 Å². The number of halogens is 1. The smallest absolute Gasteiger partial charge is 0.335 e. The van der Waals surface area contributed by atoms with Crippen LogP contribution in [-0.2, 0) is 6.54 Å². The Morgan fingerprint density at radius 2 is 1.86 bits per heavy atom. The molecule has 0 aliphatic heterocycles. The number of carbonyl (C=O) groups is 1. The van der Waals surface area contributed by atoms with Gasteiger partial charge in [0.15, 0.2) is 0 Å². The first kappa shape index (κ1) is 17.6. The average molecular weight is 324 g/mol. The number of hydrogen-bond donors (Lipinski definition) is 1. The maximum absolute atomic E-state index is 11.0. The number of carboxylic acids is 1. The first-order chi connectivity index (χ1) is 9.56. The van der Waals surface area contributed by atoms with Gasteiger partial charge in [-0.1, -0.05) is 36.0 Å². The minimum atomic E-state index is -0.894. The van der Waals surface area contributed by atoms with Gasteiger partial charge in [0.2, 0.25) is 0 Å². The molecule has 2 aromatic rings. The molecule has 2 aromatic carbocycles. The van der Waals surface area contributed by atoms with Crippen molar-refractivity contribution in [2.45, 2.75) is 16.3 Å². The van der Waals surface area contributed by atoms with Crippen LogP contribution in [-0.4, -0.2) is 30.1 Å². The zero-order valence-electron chi connectivity index (χ0n) is 11.9. The second-order valence-electron chi connectivity index (χ2n) is 4.78. The Hall–Kier alpha value is -1.49. The minimum Gasteiger partial charge on any atom is -0.478 e. The average Bonchev–Trinajstić information content (AvgIpc) is 2.41. The van der Waals surface area contributed by atoms with Gasteiger partial charge >= 0.3 is 5.97 Å². The zero-order chi connectivity index (χ0) is 14.5. The van der Waals surface area contributed by atoms with E-state index in [1.807, 2.05) is 32.3 Å². The molecule has 3 nitrogen and oxygen atoms in total. The van der Waals surface area contributed by atoms with Gasteiger partial charge < -0.3 is 10.0 Å². The van der Waals surface area contributed by atoms with Gasteiger partial charge in [-0.15, -0.1) is 12.4 Å². The van der Waals surface area contributed by atoms with Gasteiger partial charge in [0, 0.05) is 16.3 Å². The molecule has 0 saturated carbocycles. The third kappa shape index (κ3) is 5.08. The highest BCUT2D eigenvalue weighted by molar-refractivity contribution is 7.99. The molecule has 0 spiro atoms. The lowest BCUT2D eigenvalue weighted by Gasteiger charge is -2.13. The van der Waals surface area contributed by atoms with E-state index >= 15 is 0 Å². The molecule has 0 aliphatic carbocycles. The molecule has 0 radical (unpaired) electrons. The molecule has 0 bridgehead atoms. The van der Waals surface area contributed by atoms with E-state index in [-0.39, 0.29) is 12.4 Å². The van der Waals surface area contributed by atoms with Gasteiger partial charge in [0.05, 0.1) is 5.56 Å². The Kier molecular flexibility index (Phi) is 6.75. The lowest BCUT2D eigenvalue weighted by Crippen LogP contribution is -2.11. The third-order valence-corrected chi connectivity index (χ3v) is 3.88. The third-order valence-electron chi connectivity index (χ3n) is 2.77. The summed E-state index contributed by atoms with van der Waals surface area (Å²) in [4.78, 5) is 15.2. The van der Waals surface area contributed by atoms with Crippen molar-refractivity contribution >= 4 is 30.1 Å². The summed E-state index contributed by atoms with van der Waals surface area (Å²) in [5, 5.41) is 9.03. The van der Waals surface area contributed by atoms with E-state index in [2.05, 4.69) is 17.0 Å². The van der Waals surface area contributed by atoms with Crippen LogP contribution in [0.2, 0.25) is 0 Å². The lowest BCUT2D eigenvalue weighted by atomic mass is 10.2. The van der Waals surface area contributed by atoms with Crippen LogP contribution < -0.4 is 0 Å². The highest BCUT2D eigenvalue weighted by Crippen LogP contribution is 2.31. The predicted octanol–water partition coefficient (Wildman–Crippen LogP) is 4.02. The lowest BCUT2D eigenvalue weighted by molar-refractivity contribution is 0.0696. The maximum Gasteiger partial charge on any atom is 0.335 e. The number of rotatable bonds is 5. The van der Waals surface area contributed by atoms with Crippen LogP contribution in [0, 0.1) is 0 Å². The Balaban J connectivity index is 0.00000220. The standard InChI is InChI=1S/C16H17NO2S.ClH/c1-17(2)11-13-6-3-4-9-15(13)20-14-8-5-7-12(10-14)16(18)19;/h3-10H,11H2,1-2H3,(H,18,19);1H. The van der Waals surface area contributed by atoms with Crippen molar-refractivity contribution in [2.24, 2.45) is 0 Å². The number of aromatic carboxylic acids is 1. The predicted molar refractivity (Wildman–Crippen MR) is 88.6 cm³/mol. The fraction of sp³-hybridized carbons (Fsp3) is 0.188. The highest BCUT2D eigenvalue weighted by Gasteiger charge is 2.07. The molecule has 21 heavy (non-hydrogen) atoms. The SMILES string of the molecule is CN(C)Cc1ccccc1Sc1cccc(C(=O)O)c1.Cl. The Labute approximate surface area is 135 Å². The summed E-state index contributed by atoms with van der Waals surface area (Å²) >= 11 is 1.60. The molecule has 0 heterocycles. The topological polar surface area (TPSA) is 40.5 Å². The molecule has 112 valence electrons. The van der Waals surface area contributed by atoms with Crippen LogP contribution in [0.25, 0.3) is 0 Å². The number of benzene rings is 2. The summed E-state index contributed by atoms with van der Waals surface area (Å²) in [6, 6.07) is 15.2. The highest BCUT2D eigenvalue weighted by atomic mass is 35.5. The zero-order valence-corrected chi connectivity index (χ0v) is 13.6. The number of hydrogen-bond acceptors (Lipinski definition) is 3. The van der Waals surface area contributed by atoms with Gasteiger partial charge in [-0.05, 0) is 43.9 Å². The fourth-order valence-electron chi connectivity index (χ4n) is 1.89. The molecular formula is C16H18ClNO2S.